The fourth-order valence-electron chi connectivity index (χ4n) is 2.77. The summed E-state index contributed by atoms with van der Waals surface area (Å²) in [5.41, 5.74) is 1.29. The number of H-pyrrole nitrogens is 1. The highest BCUT2D eigenvalue weighted by molar-refractivity contribution is 8.14. The summed E-state index contributed by atoms with van der Waals surface area (Å²) in [5, 5.41) is 1.83. The summed E-state index contributed by atoms with van der Waals surface area (Å²) in [6.07, 6.45) is 0. The van der Waals surface area contributed by atoms with Crippen molar-refractivity contribution in [2.45, 2.75) is 9.79 Å². The second kappa shape index (κ2) is 5.95. The van der Waals surface area contributed by atoms with Crippen molar-refractivity contribution in [1.29, 1.82) is 0 Å². The highest BCUT2D eigenvalue weighted by Crippen LogP contribution is 2.36. The van der Waals surface area contributed by atoms with Gasteiger partial charge in [0.1, 0.15) is 9.94 Å². The van der Waals surface area contributed by atoms with E-state index in [1.54, 1.807) is 60.3 Å². The van der Waals surface area contributed by atoms with E-state index in [0.29, 0.717) is 22.6 Å². The summed E-state index contributed by atoms with van der Waals surface area (Å²) in [6, 6.07) is 13.7. The van der Waals surface area contributed by atoms with E-state index in [4.69, 9.17) is 11.6 Å². The first-order chi connectivity index (χ1) is 11.6. The number of benzene rings is 2. The molecule has 0 amide bonds. The van der Waals surface area contributed by atoms with Crippen LogP contribution in [0.5, 0.6) is 0 Å². The first-order valence-corrected chi connectivity index (χ1v) is 10.2. The molecule has 122 valence electrons. The Bertz CT molecular complexity index is 1060. The van der Waals surface area contributed by atoms with Gasteiger partial charge in [-0.25, -0.2) is 8.42 Å². The van der Waals surface area contributed by atoms with Crippen LogP contribution in [-0.4, -0.2) is 30.7 Å². The van der Waals surface area contributed by atoms with Gasteiger partial charge >= 0.3 is 0 Å². The van der Waals surface area contributed by atoms with Crippen molar-refractivity contribution in [3.8, 4) is 0 Å². The number of halogens is 1. The number of hydrogen-bond acceptors (Lipinski definition) is 4. The van der Waals surface area contributed by atoms with Gasteiger partial charge in [0.2, 0.25) is 9.84 Å². The van der Waals surface area contributed by atoms with Gasteiger partial charge in [-0.1, -0.05) is 29.8 Å². The molecule has 0 atom stereocenters. The standard InChI is InChI=1S/C17H13ClN2O2S2/c18-11-6-7-14-13(10-11)16(15(20-14)17-19-8-9-23-17)24(21,22)12-4-2-1-3-5-12/h1-7,10,20H,8-9H2. The number of aromatic amines is 1. The van der Waals surface area contributed by atoms with Crippen LogP contribution in [0.4, 0.5) is 0 Å². The van der Waals surface area contributed by atoms with Crippen molar-refractivity contribution in [3.05, 3.63) is 59.2 Å². The van der Waals surface area contributed by atoms with Crippen molar-refractivity contribution in [2.24, 2.45) is 4.99 Å². The van der Waals surface area contributed by atoms with Gasteiger partial charge in [-0.15, -0.1) is 11.8 Å². The molecule has 0 saturated carbocycles. The summed E-state index contributed by atoms with van der Waals surface area (Å²) in [6.45, 7) is 0.695. The summed E-state index contributed by atoms with van der Waals surface area (Å²) >= 11 is 7.67. The molecule has 3 aromatic rings. The topological polar surface area (TPSA) is 62.3 Å². The molecule has 0 unspecified atom stereocenters. The van der Waals surface area contributed by atoms with Gasteiger partial charge in [-0.2, -0.15) is 0 Å². The molecule has 0 aliphatic carbocycles. The molecular weight excluding hydrogens is 364 g/mol. The molecule has 1 N–H and O–H groups in total. The molecule has 0 bridgehead atoms. The van der Waals surface area contributed by atoms with Crippen LogP contribution >= 0.6 is 23.4 Å². The fourth-order valence-corrected chi connectivity index (χ4v) is 5.49. The summed E-state index contributed by atoms with van der Waals surface area (Å²) < 4.78 is 26.5. The van der Waals surface area contributed by atoms with Crippen molar-refractivity contribution in [3.63, 3.8) is 0 Å². The van der Waals surface area contributed by atoms with Crippen molar-refractivity contribution in [1.82, 2.24) is 4.98 Å². The molecule has 24 heavy (non-hydrogen) atoms. The van der Waals surface area contributed by atoms with Crippen LogP contribution in [0.2, 0.25) is 5.02 Å². The molecule has 1 aliphatic heterocycles. The van der Waals surface area contributed by atoms with Crippen LogP contribution in [0, 0.1) is 0 Å². The quantitative estimate of drug-likeness (QED) is 0.747. The molecule has 0 fully saturated rings. The first-order valence-electron chi connectivity index (χ1n) is 7.36. The third-order valence-corrected chi connectivity index (χ3v) is 6.92. The number of rotatable bonds is 3. The van der Waals surface area contributed by atoms with Gasteiger partial charge < -0.3 is 4.98 Å². The third kappa shape index (κ3) is 2.55. The highest BCUT2D eigenvalue weighted by Gasteiger charge is 2.29. The van der Waals surface area contributed by atoms with Crippen molar-refractivity contribution < 1.29 is 8.42 Å². The van der Waals surface area contributed by atoms with E-state index < -0.39 is 9.84 Å². The number of aromatic nitrogens is 1. The van der Waals surface area contributed by atoms with Gasteiger partial charge in [0.25, 0.3) is 0 Å². The summed E-state index contributed by atoms with van der Waals surface area (Å²) in [5.74, 6) is 0.857. The maximum Gasteiger partial charge on any atom is 0.209 e. The first kappa shape index (κ1) is 15.7. The Labute approximate surface area is 148 Å². The molecule has 2 heterocycles. The van der Waals surface area contributed by atoms with E-state index in [9.17, 15) is 8.42 Å². The zero-order valence-corrected chi connectivity index (χ0v) is 14.9. The Morgan fingerprint density at radius 1 is 1.12 bits per heavy atom. The normalized spacial score (nSPS) is 15.0. The predicted octanol–water partition coefficient (Wildman–Crippen LogP) is 4.15. The minimum absolute atomic E-state index is 0.249. The van der Waals surface area contributed by atoms with Crippen LogP contribution < -0.4 is 0 Å². The average Bonchev–Trinajstić information content (AvgIpc) is 3.22. The van der Waals surface area contributed by atoms with E-state index in [2.05, 4.69) is 9.98 Å². The second-order valence-electron chi connectivity index (χ2n) is 5.37. The smallest absolute Gasteiger partial charge is 0.209 e. The van der Waals surface area contributed by atoms with Gasteiger partial charge in [-0.3, -0.25) is 4.99 Å². The lowest BCUT2D eigenvalue weighted by Crippen LogP contribution is -2.07. The Kier molecular flexibility index (Phi) is 3.90. The Morgan fingerprint density at radius 2 is 1.92 bits per heavy atom. The number of nitrogens with one attached hydrogen (secondary N) is 1. The average molecular weight is 377 g/mol. The maximum atomic E-state index is 13.3. The van der Waals surface area contributed by atoms with E-state index in [-0.39, 0.29) is 9.79 Å². The monoisotopic (exact) mass is 376 g/mol. The number of sulfone groups is 1. The van der Waals surface area contributed by atoms with E-state index in [1.165, 1.54) is 0 Å². The van der Waals surface area contributed by atoms with Crippen LogP contribution in [0.25, 0.3) is 10.9 Å². The number of hydrogen-bond donors (Lipinski definition) is 1. The Hall–Kier alpha value is -1.76. The summed E-state index contributed by atoms with van der Waals surface area (Å²) in [4.78, 5) is 8.17. The molecule has 4 rings (SSSR count). The van der Waals surface area contributed by atoms with Crippen LogP contribution in [0.3, 0.4) is 0 Å². The molecule has 0 spiro atoms. The van der Waals surface area contributed by atoms with E-state index in [1.807, 2.05) is 0 Å². The number of fused-ring (bicyclic) bond motifs is 1. The molecular formula is C17H13ClN2O2S2. The van der Waals surface area contributed by atoms with Gasteiger partial charge in [0.15, 0.2) is 0 Å². The van der Waals surface area contributed by atoms with Gasteiger partial charge in [0, 0.05) is 28.2 Å². The highest BCUT2D eigenvalue weighted by atomic mass is 35.5. The van der Waals surface area contributed by atoms with E-state index in [0.717, 1.165) is 16.3 Å². The molecule has 7 heteroatoms. The van der Waals surface area contributed by atoms with Gasteiger partial charge in [0.05, 0.1) is 10.6 Å². The maximum absolute atomic E-state index is 13.3. The zero-order chi connectivity index (χ0) is 16.7. The zero-order valence-electron chi connectivity index (χ0n) is 12.5. The largest absolute Gasteiger partial charge is 0.352 e. The fraction of sp³-hybridized carbons (Fsp3) is 0.118. The van der Waals surface area contributed by atoms with Crippen LogP contribution in [-0.2, 0) is 9.84 Å². The Morgan fingerprint density at radius 3 is 2.62 bits per heavy atom. The predicted molar refractivity (Wildman–Crippen MR) is 99.1 cm³/mol. The second-order valence-corrected chi connectivity index (χ2v) is 8.78. The molecule has 2 aromatic carbocycles. The van der Waals surface area contributed by atoms with Crippen LogP contribution in [0.1, 0.15) is 5.69 Å². The van der Waals surface area contributed by atoms with Crippen LogP contribution in [0.15, 0.2) is 63.3 Å². The van der Waals surface area contributed by atoms with E-state index >= 15 is 0 Å². The minimum Gasteiger partial charge on any atom is -0.352 e. The number of thioether (sulfide) groups is 1. The molecule has 0 radical (unpaired) electrons. The summed E-state index contributed by atoms with van der Waals surface area (Å²) in [7, 11) is -3.69. The molecule has 4 nitrogen and oxygen atoms in total. The lowest BCUT2D eigenvalue weighted by atomic mass is 10.2. The number of aliphatic imine (C=N–C) groups is 1. The Balaban J connectivity index is 2.06. The molecule has 0 saturated heterocycles. The lowest BCUT2D eigenvalue weighted by molar-refractivity contribution is 0.597. The van der Waals surface area contributed by atoms with Gasteiger partial charge in [-0.05, 0) is 30.3 Å². The minimum atomic E-state index is -3.69. The van der Waals surface area contributed by atoms with Crippen molar-refractivity contribution >= 4 is 49.1 Å². The third-order valence-electron chi connectivity index (χ3n) is 3.83. The molecule has 1 aliphatic rings. The number of nitrogens with zero attached hydrogens (tertiary/aromatic N) is 1. The SMILES string of the molecule is O=S(=O)(c1ccccc1)c1c(C2=NCCS2)[nH]c2ccc(Cl)cc12. The van der Waals surface area contributed by atoms with Crippen molar-refractivity contribution in [2.75, 3.05) is 12.3 Å². The molecule has 1 aromatic heterocycles. The lowest BCUT2D eigenvalue weighted by Gasteiger charge is -2.07.